The molecule has 1 aromatic rings. The highest BCUT2D eigenvalue weighted by Gasteiger charge is 2.34. The number of benzene rings is 1. The van der Waals surface area contributed by atoms with Crippen molar-refractivity contribution in [3.8, 4) is 24.2 Å². The summed E-state index contributed by atoms with van der Waals surface area (Å²) in [6.07, 6.45) is 2.28. The minimum atomic E-state index is -4.63. The zero-order valence-electron chi connectivity index (χ0n) is 11.9. The number of rotatable bonds is 7. The van der Waals surface area contributed by atoms with Gasteiger partial charge in [-0.3, -0.25) is 0 Å². The summed E-state index contributed by atoms with van der Waals surface area (Å²) >= 11 is 0. The minimum absolute atomic E-state index is 0.0333. The topological polar surface area (TPSA) is 53.2 Å². The summed E-state index contributed by atoms with van der Waals surface area (Å²) in [6, 6.07) is 4.59. The number of aliphatic hydroxyl groups excluding tert-OH is 1. The van der Waals surface area contributed by atoms with E-state index in [9.17, 15) is 18.3 Å². The van der Waals surface area contributed by atoms with Crippen LogP contribution >= 0.6 is 0 Å². The van der Waals surface area contributed by atoms with E-state index in [0.717, 1.165) is 25.0 Å². The van der Waals surface area contributed by atoms with Crippen molar-refractivity contribution in [1.82, 2.24) is 0 Å². The van der Waals surface area contributed by atoms with E-state index in [2.05, 4.69) is 5.92 Å². The molecule has 22 heavy (non-hydrogen) atoms. The highest BCUT2D eigenvalue weighted by Crippen LogP contribution is 2.34. The van der Waals surface area contributed by atoms with Crippen LogP contribution in [0.2, 0.25) is 0 Å². The SMILES string of the molecule is C#CCCCCC(O)COc1ccc(C#N)c(C(F)(F)F)c1. The van der Waals surface area contributed by atoms with Crippen LogP contribution in [0.15, 0.2) is 18.2 Å². The summed E-state index contributed by atoms with van der Waals surface area (Å²) < 4.78 is 43.5. The Hall–Kier alpha value is -2.18. The van der Waals surface area contributed by atoms with Gasteiger partial charge in [0.1, 0.15) is 12.4 Å². The van der Waals surface area contributed by atoms with Crippen LogP contribution in [-0.4, -0.2) is 17.8 Å². The first kappa shape index (κ1) is 17.9. The lowest BCUT2D eigenvalue weighted by molar-refractivity contribution is -0.137. The number of terminal acetylenes is 1. The van der Waals surface area contributed by atoms with Gasteiger partial charge in [-0.2, -0.15) is 18.4 Å². The molecule has 1 aromatic carbocycles. The maximum absolute atomic E-state index is 12.8. The molecule has 0 spiro atoms. The second-order valence-electron chi connectivity index (χ2n) is 4.73. The number of hydrogen-bond donors (Lipinski definition) is 1. The molecular weight excluding hydrogens is 295 g/mol. The van der Waals surface area contributed by atoms with Gasteiger partial charge in [0.05, 0.1) is 23.3 Å². The standard InChI is InChI=1S/C16H16F3NO2/c1-2-3-4-5-6-13(21)11-22-14-8-7-12(10-20)15(9-14)16(17,18)19/h1,7-9,13,21H,3-6,11H2. The number of hydrogen-bond acceptors (Lipinski definition) is 3. The van der Waals surface area contributed by atoms with Gasteiger partial charge in [0, 0.05) is 6.42 Å². The molecule has 3 nitrogen and oxygen atoms in total. The van der Waals surface area contributed by atoms with E-state index in [1.54, 1.807) is 0 Å². The average molecular weight is 311 g/mol. The van der Waals surface area contributed by atoms with E-state index in [4.69, 9.17) is 16.4 Å². The quantitative estimate of drug-likeness (QED) is 0.619. The Bertz CT molecular complexity index is 570. The highest BCUT2D eigenvalue weighted by molar-refractivity contribution is 5.44. The molecule has 0 aliphatic heterocycles. The van der Waals surface area contributed by atoms with Crippen molar-refractivity contribution < 1.29 is 23.0 Å². The van der Waals surface area contributed by atoms with Gasteiger partial charge in [0.2, 0.25) is 0 Å². The molecule has 1 atom stereocenters. The Morgan fingerprint density at radius 2 is 2.05 bits per heavy atom. The second kappa shape index (κ2) is 8.31. The molecule has 118 valence electrons. The second-order valence-corrected chi connectivity index (χ2v) is 4.73. The van der Waals surface area contributed by atoms with Gasteiger partial charge in [-0.1, -0.05) is 0 Å². The molecule has 0 fully saturated rings. The number of unbranched alkanes of at least 4 members (excludes halogenated alkanes) is 2. The molecule has 0 radical (unpaired) electrons. The fourth-order valence-corrected chi connectivity index (χ4v) is 1.83. The van der Waals surface area contributed by atoms with Crippen molar-refractivity contribution in [2.75, 3.05) is 6.61 Å². The van der Waals surface area contributed by atoms with Crippen LogP contribution in [0.1, 0.15) is 36.8 Å². The zero-order chi connectivity index (χ0) is 16.6. The van der Waals surface area contributed by atoms with Gasteiger partial charge < -0.3 is 9.84 Å². The van der Waals surface area contributed by atoms with Crippen molar-refractivity contribution in [2.45, 2.75) is 38.0 Å². The molecule has 0 aliphatic carbocycles. The van der Waals surface area contributed by atoms with Gasteiger partial charge in [0.15, 0.2) is 0 Å². The third kappa shape index (κ3) is 5.67. The summed E-state index contributed by atoms with van der Waals surface area (Å²) in [4.78, 5) is 0. The number of nitriles is 1. The molecule has 0 saturated carbocycles. The number of aliphatic hydroxyl groups is 1. The first-order valence-corrected chi connectivity index (χ1v) is 6.74. The summed E-state index contributed by atoms with van der Waals surface area (Å²) in [5.41, 5.74) is -1.51. The van der Waals surface area contributed by atoms with Crippen molar-refractivity contribution in [2.24, 2.45) is 0 Å². The van der Waals surface area contributed by atoms with E-state index in [-0.39, 0.29) is 12.4 Å². The number of halogens is 3. The predicted molar refractivity (Wildman–Crippen MR) is 75.0 cm³/mol. The molecule has 0 aliphatic rings. The monoisotopic (exact) mass is 311 g/mol. The molecule has 1 unspecified atom stereocenters. The van der Waals surface area contributed by atoms with E-state index in [1.807, 2.05) is 0 Å². The Morgan fingerprint density at radius 3 is 2.64 bits per heavy atom. The number of ether oxygens (including phenoxy) is 1. The van der Waals surface area contributed by atoms with Crippen LogP contribution < -0.4 is 4.74 Å². The van der Waals surface area contributed by atoms with E-state index < -0.39 is 23.4 Å². The Labute approximate surface area is 127 Å². The van der Waals surface area contributed by atoms with Gasteiger partial charge in [-0.05, 0) is 37.5 Å². The maximum Gasteiger partial charge on any atom is 0.417 e. The maximum atomic E-state index is 12.8. The summed E-state index contributed by atoms with van der Waals surface area (Å²) in [5, 5.41) is 18.4. The molecule has 0 saturated heterocycles. The number of alkyl halides is 3. The zero-order valence-corrected chi connectivity index (χ0v) is 11.9. The first-order chi connectivity index (χ1) is 10.4. The molecule has 0 aromatic heterocycles. The van der Waals surface area contributed by atoms with Crippen LogP contribution in [0, 0.1) is 23.7 Å². The summed E-state index contributed by atoms with van der Waals surface area (Å²) in [7, 11) is 0. The third-order valence-electron chi connectivity index (χ3n) is 2.97. The molecular formula is C16H16F3NO2. The van der Waals surface area contributed by atoms with Gasteiger partial charge >= 0.3 is 6.18 Å². The molecule has 1 rings (SSSR count). The van der Waals surface area contributed by atoms with E-state index in [0.29, 0.717) is 12.8 Å². The molecule has 0 bridgehead atoms. The normalized spacial score (nSPS) is 12.3. The van der Waals surface area contributed by atoms with Crippen molar-refractivity contribution in [3.05, 3.63) is 29.3 Å². The van der Waals surface area contributed by atoms with Gasteiger partial charge in [-0.15, -0.1) is 12.3 Å². The van der Waals surface area contributed by atoms with E-state index >= 15 is 0 Å². The summed E-state index contributed by atoms with van der Waals surface area (Å²) in [5.74, 6) is 2.45. The van der Waals surface area contributed by atoms with Crippen molar-refractivity contribution in [3.63, 3.8) is 0 Å². The lowest BCUT2D eigenvalue weighted by Crippen LogP contribution is -2.17. The fraction of sp³-hybridized carbons (Fsp3) is 0.438. The largest absolute Gasteiger partial charge is 0.491 e. The predicted octanol–water partition coefficient (Wildman–Crippen LogP) is 3.51. The number of nitrogens with zero attached hydrogens (tertiary/aromatic N) is 1. The average Bonchev–Trinajstić information content (AvgIpc) is 2.48. The van der Waals surface area contributed by atoms with Crippen LogP contribution in [0.4, 0.5) is 13.2 Å². The van der Waals surface area contributed by atoms with Gasteiger partial charge in [0.25, 0.3) is 0 Å². The fourth-order valence-electron chi connectivity index (χ4n) is 1.83. The van der Waals surface area contributed by atoms with E-state index in [1.165, 1.54) is 12.1 Å². The van der Waals surface area contributed by atoms with Crippen molar-refractivity contribution >= 4 is 0 Å². The molecule has 0 heterocycles. The Kier molecular flexibility index (Phi) is 6.75. The van der Waals surface area contributed by atoms with Crippen LogP contribution in [0.25, 0.3) is 0 Å². The highest BCUT2D eigenvalue weighted by atomic mass is 19.4. The molecule has 1 N–H and O–H groups in total. The van der Waals surface area contributed by atoms with Crippen LogP contribution in [-0.2, 0) is 6.18 Å². The van der Waals surface area contributed by atoms with Crippen LogP contribution in [0.5, 0.6) is 5.75 Å². The van der Waals surface area contributed by atoms with Crippen molar-refractivity contribution in [1.29, 1.82) is 5.26 Å². The van der Waals surface area contributed by atoms with Crippen LogP contribution in [0.3, 0.4) is 0 Å². The minimum Gasteiger partial charge on any atom is -0.491 e. The lowest BCUT2D eigenvalue weighted by Gasteiger charge is -2.14. The Morgan fingerprint density at radius 1 is 1.32 bits per heavy atom. The first-order valence-electron chi connectivity index (χ1n) is 6.74. The Balaban J connectivity index is 2.60. The smallest absolute Gasteiger partial charge is 0.417 e. The molecule has 0 amide bonds. The summed E-state index contributed by atoms with van der Waals surface area (Å²) in [6.45, 7) is -0.112. The van der Waals surface area contributed by atoms with Gasteiger partial charge in [-0.25, -0.2) is 0 Å². The third-order valence-corrected chi connectivity index (χ3v) is 2.97. The molecule has 6 heteroatoms. The lowest BCUT2D eigenvalue weighted by atomic mass is 10.1.